The summed E-state index contributed by atoms with van der Waals surface area (Å²) in [6.45, 7) is 0.549. The van der Waals surface area contributed by atoms with Crippen molar-refractivity contribution in [3.8, 4) is 0 Å². The molecular formula is C21H23N5OS. The maximum atomic E-state index is 13.0. The van der Waals surface area contributed by atoms with Crippen molar-refractivity contribution in [2.45, 2.75) is 44.2 Å². The Labute approximate surface area is 168 Å². The molecule has 2 fully saturated rings. The molecule has 5 rings (SSSR count). The summed E-state index contributed by atoms with van der Waals surface area (Å²) < 4.78 is 1.08. The first-order chi connectivity index (χ1) is 13.7. The Morgan fingerprint density at radius 2 is 2.00 bits per heavy atom. The number of carbonyl (C=O) groups is 1. The molecule has 2 aromatic heterocycles. The van der Waals surface area contributed by atoms with Gasteiger partial charge in [0, 0.05) is 19.5 Å². The molecule has 0 spiro atoms. The number of rotatable bonds is 7. The molecule has 1 atom stereocenters. The van der Waals surface area contributed by atoms with Crippen LogP contribution in [0, 0.1) is 5.92 Å². The van der Waals surface area contributed by atoms with Gasteiger partial charge in [-0.05, 0) is 37.2 Å². The van der Waals surface area contributed by atoms with Crippen molar-refractivity contribution >= 4 is 32.7 Å². The first-order valence-corrected chi connectivity index (χ1v) is 10.7. The molecule has 3 aromatic rings. The van der Waals surface area contributed by atoms with Crippen molar-refractivity contribution in [1.82, 2.24) is 20.3 Å². The smallest absolute Gasteiger partial charge is 0.243 e. The van der Waals surface area contributed by atoms with Gasteiger partial charge in [0.2, 0.25) is 5.91 Å². The van der Waals surface area contributed by atoms with E-state index < -0.39 is 0 Å². The van der Waals surface area contributed by atoms with E-state index in [1.807, 2.05) is 42.3 Å². The maximum absolute atomic E-state index is 13.0. The largest absolute Gasteiger partial charge is 0.350 e. The molecule has 1 N–H and O–H groups in total. The molecule has 1 amide bonds. The van der Waals surface area contributed by atoms with Gasteiger partial charge < -0.3 is 10.2 Å². The first kappa shape index (κ1) is 17.6. The van der Waals surface area contributed by atoms with Gasteiger partial charge in [-0.15, -0.1) is 0 Å². The number of hydrogen-bond acceptors (Lipinski definition) is 6. The quantitative estimate of drug-likeness (QED) is 0.665. The third-order valence-electron chi connectivity index (χ3n) is 5.54. The lowest BCUT2D eigenvalue weighted by molar-refractivity contribution is -0.123. The van der Waals surface area contributed by atoms with Gasteiger partial charge in [0.15, 0.2) is 10.8 Å². The third kappa shape index (κ3) is 3.46. The van der Waals surface area contributed by atoms with Gasteiger partial charge in [0.05, 0.1) is 10.4 Å². The van der Waals surface area contributed by atoms with Gasteiger partial charge in [0.1, 0.15) is 12.4 Å². The predicted molar refractivity (Wildman–Crippen MR) is 110 cm³/mol. The number of likely N-dealkylation sites (N-methyl/N-ethyl adjacent to an activating group) is 1. The monoisotopic (exact) mass is 393 g/mol. The summed E-state index contributed by atoms with van der Waals surface area (Å²) in [5.74, 6) is 1.01. The third-order valence-corrected chi connectivity index (χ3v) is 6.69. The van der Waals surface area contributed by atoms with E-state index in [9.17, 15) is 4.79 Å². The van der Waals surface area contributed by atoms with Gasteiger partial charge in [-0.2, -0.15) is 4.98 Å². The van der Waals surface area contributed by atoms with Crippen molar-refractivity contribution in [3.63, 3.8) is 0 Å². The summed E-state index contributed by atoms with van der Waals surface area (Å²) in [6.07, 6.45) is 6.19. The molecule has 7 heteroatoms. The van der Waals surface area contributed by atoms with E-state index in [0.29, 0.717) is 18.4 Å². The zero-order chi connectivity index (χ0) is 19.1. The van der Waals surface area contributed by atoms with E-state index in [-0.39, 0.29) is 11.9 Å². The number of nitrogens with one attached hydrogen (secondary N) is 1. The lowest BCUT2D eigenvalue weighted by Crippen LogP contribution is -2.46. The standard InChI is InChI=1S/C21H23N5OS/c1-26(21-25-19-18(28-21)16(14-7-8-14)23-12-24-19)17(15-9-10-15)20(27)22-11-13-5-3-2-4-6-13/h2-6,12,14-15,17H,7-11H2,1H3,(H,22,27). The molecule has 28 heavy (non-hydrogen) atoms. The van der Waals surface area contributed by atoms with E-state index in [4.69, 9.17) is 4.98 Å². The number of aromatic nitrogens is 3. The minimum Gasteiger partial charge on any atom is -0.350 e. The molecule has 2 aliphatic carbocycles. The van der Waals surface area contributed by atoms with E-state index in [2.05, 4.69) is 15.3 Å². The molecule has 1 aromatic carbocycles. The highest BCUT2D eigenvalue weighted by molar-refractivity contribution is 7.22. The van der Waals surface area contributed by atoms with Crippen LogP contribution in [0.4, 0.5) is 5.13 Å². The van der Waals surface area contributed by atoms with Crippen molar-refractivity contribution in [2.75, 3.05) is 11.9 Å². The van der Waals surface area contributed by atoms with Crippen molar-refractivity contribution < 1.29 is 4.79 Å². The fourth-order valence-electron chi connectivity index (χ4n) is 3.69. The molecule has 0 aliphatic heterocycles. The number of benzene rings is 1. The summed E-state index contributed by atoms with van der Waals surface area (Å²) >= 11 is 1.62. The van der Waals surface area contributed by atoms with E-state index in [0.717, 1.165) is 39.6 Å². The summed E-state index contributed by atoms with van der Waals surface area (Å²) in [4.78, 5) is 28.6. The number of hydrogen-bond donors (Lipinski definition) is 1. The van der Waals surface area contributed by atoms with Crippen molar-refractivity contribution in [3.05, 3.63) is 47.9 Å². The normalized spacial score (nSPS) is 17.5. The van der Waals surface area contributed by atoms with Crippen LogP contribution in [0.2, 0.25) is 0 Å². The molecule has 0 bridgehead atoms. The molecular weight excluding hydrogens is 370 g/mol. The molecule has 2 heterocycles. The fourth-order valence-corrected chi connectivity index (χ4v) is 4.77. The van der Waals surface area contributed by atoms with Crippen molar-refractivity contribution in [2.24, 2.45) is 5.92 Å². The van der Waals surface area contributed by atoms with Crippen LogP contribution >= 0.6 is 11.3 Å². The Bertz CT molecular complexity index is 996. The maximum Gasteiger partial charge on any atom is 0.243 e. The van der Waals surface area contributed by atoms with Crippen molar-refractivity contribution in [1.29, 1.82) is 0 Å². The predicted octanol–water partition coefficient (Wildman–Crippen LogP) is 3.49. The lowest BCUT2D eigenvalue weighted by Gasteiger charge is -2.26. The van der Waals surface area contributed by atoms with Gasteiger partial charge in [0.25, 0.3) is 0 Å². The molecule has 6 nitrogen and oxygen atoms in total. The molecule has 0 saturated heterocycles. The average molecular weight is 394 g/mol. The van der Waals surface area contributed by atoms with Crippen LogP contribution in [0.25, 0.3) is 10.3 Å². The topological polar surface area (TPSA) is 71.0 Å². The van der Waals surface area contributed by atoms with Crippen LogP contribution in [0.5, 0.6) is 0 Å². The molecule has 144 valence electrons. The molecule has 0 radical (unpaired) electrons. The highest BCUT2D eigenvalue weighted by Crippen LogP contribution is 2.44. The molecule has 1 unspecified atom stereocenters. The summed E-state index contributed by atoms with van der Waals surface area (Å²) in [6, 6.07) is 9.83. The second-order valence-corrected chi connectivity index (χ2v) is 8.76. The van der Waals surface area contributed by atoms with Crippen LogP contribution in [0.15, 0.2) is 36.7 Å². The Morgan fingerprint density at radius 1 is 1.21 bits per heavy atom. The Balaban J connectivity index is 1.37. The number of anilines is 1. The highest BCUT2D eigenvalue weighted by Gasteiger charge is 2.40. The Hall–Kier alpha value is -2.54. The molecule has 2 aliphatic rings. The number of nitrogens with zero attached hydrogens (tertiary/aromatic N) is 4. The van der Waals surface area contributed by atoms with Gasteiger partial charge in [-0.25, -0.2) is 9.97 Å². The average Bonchev–Trinajstić information content (AvgIpc) is 3.65. The highest BCUT2D eigenvalue weighted by atomic mass is 32.1. The van der Waals surface area contributed by atoms with Gasteiger partial charge >= 0.3 is 0 Å². The van der Waals surface area contributed by atoms with E-state index in [1.165, 1.54) is 12.8 Å². The van der Waals surface area contributed by atoms with E-state index >= 15 is 0 Å². The van der Waals surface area contributed by atoms with Gasteiger partial charge in [-0.3, -0.25) is 4.79 Å². The minimum atomic E-state index is -0.193. The number of thiazole rings is 1. The Kier molecular flexibility index (Phi) is 4.47. The second kappa shape index (κ2) is 7.13. The van der Waals surface area contributed by atoms with Crippen LogP contribution < -0.4 is 10.2 Å². The zero-order valence-electron chi connectivity index (χ0n) is 15.8. The van der Waals surface area contributed by atoms with Gasteiger partial charge in [-0.1, -0.05) is 41.7 Å². The summed E-state index contributed by atoms with van der Waals surface area (Å²) in [5, 5.41) is 3.96. The first-order valence-electron chi connectivity index (χ1n) is 9.86. The summed E-state index contributed by atoms with van der Waals surface area (Å²) in [5.41, 5.74) is 2.99. The second-order valence-electron chi connectivity index (χ2n) is 7.78. The summed E-state index contributed by atoms with van der Waals surface area (Å²) in [7, 11) is 1.98. The van der Waals surface area contributed by atoms with E-state index in [1.54, 1.807) is 17.7 Å². The van der Waals surface area contributed by atoms with Crippen LogP contribution in [0.1, 0.15) is 42.9 Å². The Morgan fingerprint density at radius 3 is 2.71 bits per heavy atom. The van der Waals surface area contributed by atoms with Crippen LogP contribution in [-0.2, 0) is 11.3 Å². The van der Waals surface area contributed by atoms with Crippen LogP contribution in [-0.4, -0.2) is 33.9 Å². The molecule has 2 saturated carbocycles. The number of fused-ring (bicyclic) bond motifs is 1. The number of carbonyl (C=O) groups excluding carboxylic acids is 1. The van der Waals surface area contributed by atoms with Crippen LogP contribution in [0.3, 0.4) is 0 Å². The fraction of sp³-hybridized carbons (Fsp3) is 0.429. The lowest BCUT2D eigenvalue weighted by atomic mass is 10.1. The minimum absolute atomic E-state index is 0.0709. The SMILES string of the molecule is CN(c1nc2ncnc(C3CC3)c2s1)C(C(=O)NCc1ccccc1)C1CC1. The zero-order valence-corrected chi connectivity index (χ0v) is 16.7. The number of amides is 1.